The van der Waals surface area contributed by atoms with E-state index >= 15 is 0 Å². The van der Waals surface area contributed by atoms with Crippen molar-refractivity contribution in [3.8, 4) is 22.5 Å². The lowest BCUT2D eigenvalue weighted by Crippen LogP contribution is -2.21. The molecule has 3 aromatic carbocycles. The van der Waals surface area contributed by atoms with Gasteiger partial charge in [-0.15, -0.1) is 10.2 Å². The van der Waals surface area contributed by atoms with E-state index in [1.807, 2.05) is 60.7 Å². The quantitative estimate of drug-likeness (QED) is 0.191. The van der Waals surface area contributed by atoms with Gasteiger partial charge in [0.25, 0.3) is 5.69 Å². The molecule has 31 heavy (non-hydrogen) atoms. The van der Waals surface area contributed by atoms with Crippen LogP contribution in [0.3, 0.4) is 0 Å². The van der Waals surface area contributed by atoms with Crippen molar-refractivity contribution in [1.29, 1.82) is 0 Å². The van der Waals surface area contributed by atoms with Crippen molar-refractivity contribution in [2.24, 2.45) is 16.0 Å². The Balaban J connectivity index is 1.97. The molecule has 0 atom stereocenters. The van der Waals surface area contributed by atoms with Gasteiger partial charge in [-0.3, -0.25) is 10.1 Å². The van der Waals surface area contributed by atoms with Crippen molar-refractivity contribution in [2.45, 2.75) is 0 Å². The van der Waals surface area contributed by atoms with Gasteiger partial charge in [-0.1, -0.05) is 72.8 Å². The first-order valence-electron chi connectivity index (χ1n) is 9.25. The first kappa shape index (κ1) is 20.0. The first-order valence-corrected chi connectivity index (χ1v) is 9.66. The van der Waals surface area contributed by atoms with Crippen molar-refractivity contribution < 1.29 is 4.92 Å². The third-order valence-electron chi connectivity index (χ3n) is 4.50. The molecule has 0 aliphatic rings. The van der Waals surface area contributed by atoms with Crippen LogP contribution in [0.25, 0.3) is 22.5 Å². The molecule has 0 saturated heterocycles. The number of benzene rings is 3. The van der Waals surface area contributed by atoms with Gasteiger partial charge in [0, 0.05) is 17.2 Å². The molecule has 0 fully saturated rings. The van der Waals surface area contributed by atoms with Crippen LogP contribution in [0.1, 0.15) is 0 Å². The van der Waals surface area contributed by atoms with Crippen LogP contribution in [0.2, 0.25) is 0 Å². The molecule has 1 aromatic heterocycles. The maximum absolute atomic E-state index is 11.4. The largest absolute Gasteiger partial charge is 0.374 e. The minimum absolute atomic E-state index is 0.0446. The number of nitro groups is 1. The monoisotopic (exact) mass is 428 g/mol. The van der Waals surface area contributed by atoms with Gasteiger partial charge in [-0.25, -0.2) is 4.68 Å². The molecule has 2 N–H and O–H groups in total. The summed E-state index contributed by atoms with van der Waals surface area (Å²) in [6, 6.07) is 24.9. The smallest absolute Gasteiger partial charge is 0.296 e. The van der Waals surface area contributed by atoms with E-state index in [1.54, 1.807) is 12.1 Å². The molecule has 152 valence electrons. The second-order valence-electron chi connectivity index (χ2n) is 6.47. The van der Waals surface area contributed by atoms with E-state index in [4.69, 9.17) is 18.0 Å². The molecule has 0 bridgehead atoms. The van der Waals surface area contributed by atoms with Crippen LogP contribution in [0.5, 0.6) is 0 Å². The summed E-state index contributed by atoms with van der Waals surface area (Å²) in [5, 5.41) is 24.6. The Labute approximate surface area is 182 Å². The van der Waals surface area contributed by atoms with E-state index in [9.17, 15) is 10.1 Å². The highest BCUT2D eigenvalue weighted by molar-refractivity contribution is 7.80. The lowest BCUT2D eigenvalue weighted by molar-refractivity contribution is -0.384. The normalized spacial score (nSPS) is 11.0. The van der Waals surface area contributed by atoms with Crippen molar-refractivity contribution in [1.82, 2.24) is 9.78 Å². The number of para-hydroxylation sites is 1. The van der Waals surface area contributed by atoms with Gasteiger partial charge in [0.2, 0.25) is 0 Å². The van der Waals surface area contributed by atoms with Crippen LogP contribution in [-0.2, 0) is 0 Å². The van der Waals surface area contributed by atoms with Gasteiger partial charge in [0.15, 0.2) is 10.8 Å². The molecule has 0 unspecified atom stereocenters. The Morgan fingerprint density at radius 3 is 2.10 bits per heavy atom. The minimum atomic E-state index is -0.497. The van der Waals surface area contributed by atoms with Gasteiger partial charge in [-0.05, 0) is 18.3 Å². The van der Waals surface area contributed by atoms with Crippen molar-refractivity contribution in [3.05, 3.63) is 95.0 Å². The van der Waals surface area contributed by atoms with Crippen LogP contribution in [0.15, 0.2) is 95.2 Å². The van der Waals surface area contributed by atoms with E-state index in [0.717, 1.165) is 11.1 Å². The van der Waals surface area contributed by atoms with Crippen molar-refractivity contribution in [2.75, 3.05) is 0 Å². The lowest BCUT2D eigenvalue weighted by Gasteiger charge is -2.05. The highest BCUT2D eigenvalue weighted by Crippen LogP contribution is 2.40. The zero-order valence-electron chi connectivity index (χ0n) is 16.1. The fraction of sp³-hybridized carbons (Fsp3) is 0. The first-order chi connectivity index (χ1) is 15.1. The molecule has 0 amide bonds. The van der Waals surface area contributed by atoms with Gasteiger partial charge in [-0.2, -0.15) is 5.10 Å². The molecule has 0 radical (unpaired) electrons. The second-order valence-corrected chi connectivity index (χ2v) is 6.89. The molecular formula is C22H16N6O2S. The summed E-state index contributed by atoms with van der Waals surface area (Å²) in [6.07, 6.45) is 0. The van der Waals surface area contributed by atoms with Crippen LogP contribution in [-0.4, -0.2) is 19.8 Å². The van der Waals surface area contributed by atoms with Crippen LogP contribution < -0.4 is 5.73 Å². The lowest BCUT2D eigenvalue weighted by atomic mass is 10.1. The fourth-order valence-electron chi connectivity index (χ4n) is 3.12. The molecule has 4 rings (SSSR count). The molecule has 8 nitrogen and oxygen atoms in total. The predicted molar refractivity (Wildman–Crippen MR) is 123 cm³/mol. The number of nitro benzene ring substituents is 1. The van der Waals surface area contributed by atoms with Gasteiger partial charge in [0.05, 0.1) is 4.92 Å². The molecule has 1 heterocycles. The molecule has 4 aromatic rings. The number of nitrogens with two attached hydrogens (primary N) is 1. The molecular weight excluding hydrogens is 412 g/mol. The topological polar surface area (TPSA) is 112 Å². The zero-order chi connectivity index (χ0) is 21.8. The molecule has 0 aliphatic carbocycles. The second kappa shape index (κ2) is 8.64. The summed E-state index contributed by atoms with van der Waals surface area (Å²) in [4.78, 5) is 10.9. The number of aromatic nitrogens is 2. The van der Waals surface area contributed by atoms with Crippen molar-refractivity contribution in [3.63, 3.8) is 0 Å². The van der Waals surface area contributed by atoms with E-state index in [-0.39, 0.29) is 16.5 Å². The predicted octanol–water partition coefficient (Wildman–Crippen LogP) is 5.63. The number of hydrogen-bond acceptors (Lipinski definition) is 6. The van der Waals surface area contributed by atoms with Gasteiger partial charge < -0.3 is 5.73 Å². The van der Waals surface area contributed by atoms with E-state index in [0.29, 0.717) is 17.1 Å². The number of hydrogen-bond donors (Lipinski definition) is 1. The van der Waals surface area contributed by atoms with E-state index < -0.39 is 4.92 Å². The summed E-state index contributed by atoms with van der Waals surface area (Å²) >= 11 is 5.22. The van der Waals surface area contributed by atoms with Gasteiger partial charge >= 0.3 is 0 Å². The minimum Gasteiger partial charge on any atom is -0.374 e. The third kappa shape index (κ3) is 4.07. The number of azo groups is 1. The maximum atomic E-state index is 11.4. The maximum Gasteiger partial charge on any atom is 0.296 e. The Morgan fingerprint density at radius 2 is 1.48 bits per heavy atom. The van der Waals surface area contributed by atoms with Crippen molar-refractivity contribution >= 4 is 34.4 Å². The average Bonchev–Trinajstić information content (AvgIpc) is 3.19. The zero-order valence-corrected chi connectivity index (χ0v) is 16.9. The summed E-state index contributed by atoms with van der Waals surface area (Å²) in [6.45, 7) is 0. The Hall–Kier alpha value is -4.24. The SMILES string of the molecule is NC(=S)n1nc(-c2ccccc2)c(N=Nc2ccccc2[N+](=O)[O-])c1-c1ccccc1. The van der Waals surface area contributed by atoms with E-state index in [2.05, 4.69) is 15.3 Å². The highest BCUT2D eigenvalue weighted by Gasteiger charge is 2.22. The Kier molecular flexibility index (Phi) is 5.59. The highest BCUT2D eigenvalue weighted by atomic mass is 32.1. The Morgan fingerprint density at radius 1 is 0.903 bits per heavy atom. The third-order valence-corrected chi connectivity index (χ3v) is 4.67. The number of thiocarbonyl (C=S) groups is 1. The standard InChI is InChI=1S/C22H16N6O2S/c23-22(31)27-21(16-11-5-2-6-12-16)20(19(26-27)15-9-3-1-4-10-15)25-24-17-13-7-8-14-18(17)28(29)30/h1-14H,(H2,23,31). The molecule has 0 saturated carbocycles. The number of rotatable bonds is 5. The number of nitrogens with zero attached hydrogens (tertiary/aromatic N) is 5. The van der Waals surface area contributed by atoms with Crippen LogP contribution in [0, 0.1) is 10.1 Å². The summed E-state index contributed by atoms with van der Waals surface area (Å²) in [5.41, 5.74) is 8.97. The van der Waals surface area contributed by atoms with Crippen LogP contribution in [0.4, 0.5) is 17.1 Å². The summed E-state index contributed by atoms with van der Waals surface area (Å²) in [5.74, 6) is 0. The Bertz CT molecular complexity index is 1290. The van der Waals surface area contributed by atoms with Gasteiger partial charge in [0.1, 0.15) is 17.1 Å². The van der Waals surface area contributed by atoms with E-state index in [1.165, 1.54) is 16.8 Å². The summed E-state index contributed by atoms with van der Waals surface area (Å²) in [7, 11) is 0. The fourth-order valence-corrected chi connectivity index (χ4v) is 3.25. The molecule has 0 aliphatic heterocycles. The summed E-state index contributed by atoms with van der Waals surface area (Å²) < 4.78 is 1.43. The molecule has 9 heteroatoms. The average molecular weight is 428 g/mol. The molecule has 0 spiro atoms. The van der Waals surface area contributed by atoms with Crippen LogP contribution >= 0.6 is 12.2 Å².